The molecule has 3 aliphatic rings. The highest BCUT2D eigenvalue weighted by Gasteiger charge is 2.27. The van der Waals surface area contributed by atoms with Gasteiger partial charge in [-0.15, -0.1) is 0 Å². The van der Waals surface area contributed by atoms with E-state index in [-0.39, 0.29) is 6.04 Å². The van der Waals surface area contributed by atoms with Crippen molar-refractivity contribution >= 4 is 47.4 Å². The zero-order valence-corrected chi connectivity index (χ0v) is 30.2. The zero-order valence-electron chi connectivity index (χ0n) is 30.2. The summed E-state index contributed by atoms with van der Waals surface area (Å²) in [6.07, 6.45) is 18.0. The summed E-state index contributed by atoms with van der Waals surface area (Å²) < 4.78 is 15.0. The minimum absolute atomic E-state index is 0.00999. The molecule has 0 aromatic carbocycles. The predicted molar refractivity (Wildman–Crippen MR) is 205 cm³/mol. The number of hydrogen-bond donors (Lipinski definition) is 3. The van der Waals surface area contributed by atoms with Gasteiger partial charge < -0.3 is 26.7 Å². The molecule has 2 unspecified atom stereocenters. The standard InChI is InChI=1S/C28H32FN7O.C5H9N3.2C2H6/c1-6-21(13-29)11-22-12-23(15-31-14-18(22)2)25-16-32-36-26(30)24-8-7-19(3)35(27(24)33-28(25)36)20(4)9-10-34(5)17-37;1-4-2-3-5(6)8-7-4;2*1-2/h6-8,11-12,15-17,20H,2-3,9-10,13-14,30H2,1,4-5H3;2-4,7H,1H3,(H2,6,8);2*1-2H3/b21-6+,22-11-;;;. The van der Waals surface area contributed by atoms with E-state index in [4.69, 9.17) is 16.5 Å². The molecule has 2 atom stereocenters. The maximum absolute atomic E-state index is 13.4. The lowest BCUT2D eigenvalue weighted by Gasteiger charge is -2.35. The van der Waals surface area contributed by atoms with Gasteiger partial charge in [0.05, 0.1) is 24.3 Å². The van der Waals surface area contributed by atoms with Crippen LogP contribution in [0.25, 0.3) is 17.3 Å². The number of amidine groups is 1. The van der Waals surface area contributed by atoms with Crippen molar-refractivity contribution in [2.75, 3.05) is 37.4 Å². The van der Waals surface area contributed by atoms with Crippen molar-refractivity contribution in [1.82, 2.24) is 24.9 Å². The second-order valence-corrected chi connectivity index (χ2v) is 11.0. The first-order valence-electron chi connectivity index (χ1n) is 16.7. The largest absolute Gasteiger partial charge is 0.383 e. The maximum atomic E-state index is 13.4. The number of hydrazone groups is 1. The number of anilines is 2. The van der Waals surface area contributed by atoms with Crippen LogP contribution in [0.4, 0.5) is 16.0 Å². The maximum Gasteiger partial charge on any atom is 0.209 e. The highest BCUT2D eigenvalue weighted by atomic mass is 19.1. The SMILES string of the molecule is C=C1CN=CC(c2cnn3c(N)c4c(nc23)N(C(C)CCN(C)C=O)C(=C)C=C4)=C/C1=C/C(=C\C)CF.CC.CC.CC1C=CC(N)=NN1. The third-order valence-electron chi connectivity index (χ3n) is 7.56. The van der Waals surface area contributed by atoms with Crippen LogP contribution in [0, 0.1) is 0 Å². The molecule has 49 heavy (non-hydrogen) atoms. The molecule has 5 rings (SSSR count). The molecule has 0 radical (unpaired) electrons. The first-order valence-corrected chi connectivity index (χ1v) is 16.7. The Bertz CT molecular complexity index is 1690. The second kappa shape index (κ2) is 19.5. The molecule has 12 heteroatoms. The van der Waals surface area contributed by atoms with Crippen molar-refractivity contribution in [3.8, 4) is 0 Å². The van der Waals surface area contributed by atoms with E-state index < -0.39 is 6.67 Å². The Kier molecular flexibility index (Phi) is 15.9. The molecule has 0 bridgehead atoms. The summed E-state index contributed by atoms with van der Waals surface area (Å²) in [7, 11) is 1.75. The molecule has 0 saturated heterocycles. The number of aliphatic imine (C=N–C) groups is 1. The van der Waals surface area contributed by atoms with Crippen LogP contribution in [-0.4, -0.2) is 76.9 Å². The van der Waals surface area contributed by atoms with Crippen molar-refractivity contribution in [3.05, 3.63) is 89.4 Å². The number of nitrogens with one attached hydrogen (secondary N) is 1. The minimum atomic E-state index is -0.563. The molecule has 0 fully saturated rings. The number of amides is 1. The van der Waals surface area contributed by atoms with Crippen molar-refractivity contribution in [2.45, 2.75) is 67.0 Å². The van der Waals surface area contributed by atoms with Gasteiger partial charge in [-0.1, -0.05) is 53.0 Å². The quantitative estimate of drug-likeness (QED) is 0.282. The minimum Gasteiger partial charge on any atom is -0.383 e. The molecule has 3 aliphatic heterocycles. The number of allylic oxidation sites excluding steroid dienone is 6. The Balaban J connectivity index is 0.000000595. The van der Waals surface area contributed by atoms with Gasteiger partial charge in [-0.3, -0.25) is 9.79 Å². The van der Waals surface area contributed by atoms with E-state index in [1.807, 2.05) is 63.8 Å². The normalized spacial score (nSPS) is 18.0. The number of carbonyl (C=O) groups is 1. The molecule has 11 nitrogen and oxygen atoms in total. The monoisotopic (exact) mass is 672 g/mol. The van der Waals surface area contributed by atoms with E-state index in [0.29, 0.717) is 47.8 Å². The lowest BCUT2D eigenvalue weighted by molar-refractivity contribution is -0.117. The molecule has 1 amide bonds. The topological polar surface area (TPSA) is 143 Å². The van der Waals surface area contributed by atoms with Crippen molar-refractivity contribution in [1.29, 1.82) is 0 Å². The number of nitrogens with zero attached hydrogens (tertiary/aromatic N) is 7. The summed E-state index contributed by atoms with van der Waals surface area (Å²) in [6.45, 7) is 22.7. The van der Waals surface area contributed by atoms with Gasteiger partial charge in [0.2, 0.25) is 6.41 Å². The fraction of sp³-hybridized carbons (Fsp3) is 0.378. The fourth-order valence-electron chi connectivity index (χ4n) is 4.86. The Morgan fingerprint density at radius 2 is 1.92 bits per heavy atom. The molecule has 5 N–H and O–H groups in total. The molecule has 0 aliphatic carbocycles. The Morgan fingerprint density at radius 1 is 1.20 bits per heavy atom. The number of carbonyl (C=O) groups excluding carboxylic acids is 1. The van der Waals surface area contributed by atoms with E-state index in [1.54, 1.807) is 54.0 Å². The van der Waals surface area contributed by atoms with Gasteiger partial charge in [0, 0.05) is 42.7 Å². The van der Waals surface area contributed by atoms with Gasteiger partial charge in [-0.25, -0.2) is 9.37 Å². The average molecular weight is 673 g/mol. The lowest BCUT2D eigenvalue weighted by atomic mass is 10.0. The van der Waals surface area contributed by atoms with Crippen molar-refractivity contribution < 1.29 is 9.18 Å². The summed E-state index contributed by atoms with van der Waals surface area (Å²) >= 11 is 0. The van der Waals surface area contributed by atoms with Crippen LogP contribution in [0.2, 0.25) is 0 Å². The second-order valence-electron chi connectivity index (χ2n) is 11.0. The van der Waals surface area contributed by atoms with E-state index in [9.17, 15) is 9.18 Å². The fourth-order valence-corrected chi connectivity index (χ4v) is 4.86. The number of rotatable bonds is 8. The molecular weight excluding hydrogens is 619 g/mol. The molecule has 5 heterocycles. The van der Waals surface area contributed by atoms with E-state index in [0.717, 1.165) is 46.4 Å². The number of nitrogen functional groups attached to an aromatic ring is 1. The Hall–Kier alpha value is -5.26. The van der Waals surface area contributed by atoms with Gasteiger partial charge in [-0.2, -0.15) is 14.7 Å². The van der Waals surface area contributed by atoms with Crippen LogP contribution in [0.15, 0.2) is 88.3 Å². The number of fused-ring (bicyclic) bond motifs is 2. The van der Waals surface area contributed by atoms with Gasteiger partial charge in [0.25, 0.3) is 0 Å². The van der Waals surface area contributed by atoms with Crippen LogP contribution in [0.5, 0.6) is 0 Å². The highest BCUT2D eigenvalue weighted by Crippen LogP contribution is 2.36. The van der Waals surface area contributed by atoms with Crippen molar-refractivity contribution in [3.63, 3.8) is 0 Å². The number of aromatic nitrogens is 3. The molecule has 2 aromatic heterocycles. The summed E-state index contributed by atoms with van der Waals surface area (Å²) in [5.74, 6) is 1.68. The number of halogens is 1. The Labute approximate surface area is 290 Å². The van der Waals surface area contributed by atoms with Crippen molar-refractivity contribution in [2.24, 2.45) is 15.8 Å². The van der Waals surface area contributed by atoms with Crippen LogP contribution in [-0.2, 0) is 4.79 Å². The Morgan fingerprint density at radius 3 is 2.51 bits per heavy atom. The summed E-state index contributed by atoms with van der Waals surface area (Å²) in [6, 6.07) is 0.332. The zero-order chi connectivity index (χ0) is 36.7. The smallest absolute Gasteiger partial charge is 0.209 e. The van der Waals surface area contributed by atoms with Gasteiger partial charge in [0.1, 0.15) is 24.1 Å². The van der Waals surface area contributed by atoms with Gasteiger partial charge in [-0.05, 0) is 74.3 Å². The number of nitrogens with two attached hydrogens (primary N) is 2. The van der Waals surface area contributed by atoms with Crippen LogP contribution < -0.4 is 21.8 Å². The van der Waals surface area contributed by atoms with Crippen LogP contribution >= 0.6 is 0 Å². The van der Waals surface area contributed by atoms with Crippen LogP contribution in [0.3, 0.4) is 0 Å². The van der Waals surface area contributed by atoms with E-state index >= 15 is 0 Å². The first kappa shape index (κ1) is 39.9. The average Bonchev–Trinajstić information content (AvgIpc) is 3.46. The molecule has 264 valence electrons. The number of hydrogen-bond acceptors (Lipinski definition) is 9. The highest BCUT2D eigenvalue weighted by molar-refractivity contribution is 6.13. The predicted octanol–water partition coefficient (Wildman–Crippen LogP) is 6.25. The van der Waals surface area contributed by atoms with Gasteiger partial charge >= 0.3 is 0 Å². The summed E-state index contributed by atoms with van der Waals surface area (Å²) in [5.41, 5.74) is 20.5. The third kappa shape index (κ3) is 10.1. The van der Waals surface area contributed by atoms with E-state index in [2.05, 4.69) is 40.7 Å². The molecular formula is C37H53FN10O. The molecule has 2 aromatic rings. The van der Waals surface area contributed by atoms with Gasteiger partial charge in [0.15, 0.2) is 5.65 Å². The number of alkyl halides is 1. The first-order chi connectivity index (χ1) is 23.6. The summed E-state index contributed by atoms with van der Waals surface area (Å²) in [5, 5.41) is 8.29. The van der Waals surface area contributed by atoms with Crippen LogP contribution in [0.1, 0.15) is 66.0 Å². The molecule has 0 saturated carbocycles. The third-order valence-corrected chi connectivity index (χ3v) is 7.56. The lowest BCUT2D eigenvalue weighted by Crippen LogP contribution is -2.36. The molecule has 0 spiro atoms. The summed E-state index contributed by atoms with van der Waals surface area (Å²) in [4.78, 5) is 24.2. The van der Waals surface area contributed by atoms with E-state index in [1.165, 1.54) is 0 Å².